The van der Waals surface area contributed by atoms with Crippen LogP contribution in [0.15, 0.2) is 24.3 Å². The molecule has 0 radical (unpaired) electrons. The minimum absolute atomic E-state index is 0.410. The lowest BCUT2D eigenvalue weighted by molar-refractivity contribution is -0.139. The Labute approximate surface area is 112 Å². The van der Waals surface area contributed by atoms with Crippen molar-refractivity contribution in [1.29, 1.82) is 0 Å². The van der Waals surface area contributed by atoms with Crippen molar-refractivity contribution in [2.45, 2.75) is 26.8 Å². The van der Waals surface area contributed by atoms with E-state index >= 15 is 0 Å². The van der Waals surface area contributed by atoms with E-state index < -0.39 is 12.0 Å². The predicted octanol–water partition coefficient (Wildman–Crippen LogP) is 2.85. The SMILES string of the molecule is Cc1[nH]c2ccccc2c1[C@H](NCC(C)C)C(=O)O. The maximum atomic E-state index is 11.5. The summed E-state index contributed by atoms with van der Waals surface area (Å²) in [7, 11) is 0. The van der Waals surface area contributed by atoms with E-state index in [4.69, 9.17) is 0 Å². The van der Waals surface area contributed by atoms with Crippen LogP contribution in [0.1, 0.15) is 31.1 Å². The van der Waals surface area contributed by atoms with E-state index in [0.29, 0.717) is 12.5 Å². The third kappa shape index (κ3) is 2.79. The van der Waals surface area contributed by atoms with Gasteiger partial charge in [0.2, 0.25) is 0 Å². The molecule has 2 rings (SSSR count). The molecule has 0 fully saturated rings. The second kappa shape index (κ2) is 5.45. The molecule has 0 saturated heterocycles. The molecule has 4 heteroatoms. The van der Waals surface area contributed by atoms with E-state index in [-0.39, 0.29) is 0 Å². The summed E-state index contributed by atoms with van der Waals surface area (Å²) in [6, 6.07) is 7.13. The summed E-state index contributed by atoms with van der Waals surface area (Å²) in [6.07, 6.45) is 0. The van der Waals surface area contributed by atoms with Gasteiger partial charge in [-0.1, -0.05) is 32.0 Å². The third-order valence-electron chi connectivity index (χ3n) is 3.21. The maximum absolute atomic E-state index is 11.5. The standard InChI is InChI=1S/C15H20N2O2/c1-9(2)8-16-14(15(18)19)13-10(3)17-12-7-5-4-6-11(12)13/h4-7,9,14,16-17H,8H2,1-3H3,(H,18,19)/t14-/m0/s1. The fourth-order valence-electron chi connectivity index (χ4n) is 2.34. The Bertz CT molecular complexity index is 587. The number of aliphatic carboxylic acids is 1. The minimum Gasteiger partial charge on any atom is -0.480 e. The van der Waals surface area contributed by atoms with Crippen molar-refractivity contribution in [3.63, 3.8) is 0 Å². The zero-order chi connectivity index (χ0) is 14.0. The molecule has 0 aliphatic heterocycles. The Hall–Kier alpha value is -1.81. The first kappa shape index (κ1) is 13.6. The van der Waals surface area contributed by atoms with E-state index in [9.17, 15) is 9.90 Å². The molecule has 1 aromatic carbocycles. The largest absolute Gasteiger partial charge is 0.480 e. The van der Waals surface area contributed by atoms with E-state index in [0.717, 1.165) is 22.2 Å². The van der Waals surface area contributed by atoms with Crippen molar-refractivity contribution >= 4 is 16.9 Å². The molecular weight excluding hydrogens is 240 g/mol. The number of benzene rings is 1. The quantitative estimate of drug-likeness (QED) is 0.774. The van der Waals surface area contributed by atoms with Crippen molar-refractivity contribution in [1.82, 2.24) is 10.3 Å². The lowest BCUT2D eigenvalue weighted by atomic mass is 10.0. The number of hydrogen-bond donors (Lipinski definition) is 3. The van der Waals surface area contributed by atoms with Crippen LogP contribution in [0, 0.1) is 12.8 Å². The molecule has 3 N–H and O–H groups in total. The molecule has 1 aromatic heterocycles. The van der Waals surface area contributed by atoms with Gasteiger partial charge in [-0.25, -0.2) is 0 Å². The Morgan fingerprint density at radius 3 is 2.68 bits per heavy atom. The normalized spacial score (nSPS) is 13.1. The van der Waals surface area contributed by atoms with Gasteiger partial charge in [0, 0.05) is 22.2 Å². The van der Waals surface area contributed by atoms with E-state index in [1.165, 1.54) is 0 Å². The van der Waals surface area contributed by atoms with Crippen molar-refractivity contribution < 1.29 is 9.90 Å². The topological polar surface area (TPSA) is 65.1 Å². The summed E-state index contributed by atoms with van der Waals surface area (Å²) in [6.45, 7) is 6.72. The molecule has 19 heavy (non-hydrogen) atoms. The van der Waals surface area contributed by atoms with Crippen LogP contribution in [0.5, 0.6) is 0 Å². The number of aromatic nitrogens is 1. The van der Waals surface area contributed by atoms with Crippen molar-refractivity contribution in [3.8, 4) is 0 Å². The van der Waals surface area contributed by atoms with Gasteiger partial charge in [0.1, 0.15) is 6.04 Å². The Kier molecular flexibility index (Phi) is 3.90. The molecule has 0 saturated carbocycles. The molecule has 1 heterocycles. The number of para-hydroxylation sites is 1. The van der Waals surface area contributed by atoms with Gasteiger partial charge in [0.15, 0.2) is 0 Å². The number of H-pyrrole nitrogens is 1. The molecular formula is C15H20N2O2. The summed E-state index contributed by atoms with van der Waals surface area (Å²) < 4.78 is 0. The second-order valence-electron chi connectivity index (χ2n) is 5.28. The fraction of sp³-hybridized carbons (Fsp3) is 0.400. The highest BCUT2D eigenvalue weighted by Gasteiger charge is 2.24. The average molecular weight is 260 g/mol. The molecule has 0 aliphatic carbocycles. The van der Waals surface area contributed by atoms with Crippen LogP contribution in [0.3, 0.4) is 0 Å². The number of aryl methyl sites for hydroxylation is 1. The van der Waals surface area contributed by atoms with Crippen LogP contribution < -0.4 is 5.32 Å². The first-order chi connectivity index (χ1) is 9.00. The van der Waals surface area contributed by atoms with Crippen molar-refractivity contribution in [2.75, 3.05) is 6.54 Å². The highest BCUT2D eigenvalue weighted by molar-refractivity contribution is 5.90. The van der Waals surface area contributed by atoms with Crippen LogP contribution in [0.25, 0.3) is 10.9 Å². The molecule has 2 aromatic rings. The Morgan fingerprint density at radius 2 is 2.05 bits per heavy atom. The number of carboxylic acid groups (broad SMARTS) is 1. The van der Waals surface area contributed by atoms with Crippen molar-refractivity contribution in [2.24, 2.45) is 5.92 Å². The first-order valence-corrected chi connectivity index (χ1v) is 6.54. The highest BCUT2D eigenvalue weighted by atomic mass is 16.4. The second-order valence-corrected chi connectivity index (χ2v) is 5.28. The number of fused-ring (bicyclic) bond motifs is 1. The van der Waals surface area contributed by atoms with E-state index in [2.05, 4.69) is 24.1 Å². The zero-order valence-corrected chi connectivity index (χ0v) is 11.5. The van der Waals surface area contributed by atoms with Gasteiger partial charge in [-0.2, -0.15) is 0 Å². The number of carboxylic acids is 1. The summed E-state index contributed by atoms with van der Waals surface area (Å²) in [5, 5.41) is 13.6. The van der Waals surface area contributed by atoms with E-state index in [1.807, 2.05) is 31.2 Å². The lowest BCUT2D eigenvalue weighted by Gasteiger charge is -2.16. The van der Waals surface area contributed by atoms with Crippen molar-refractivity contribution in [3.05, 3.63) is 35.5 Å². The molecule has 102 valence electrons. The van der Waals surface area contributed by atoms with Gasteiger partial charge in [-0.15, -0.1) is 0 Å². The molecule has 0 aliphatic rings. The number of rotatable bonds is 5. The minimum atomic E-state index is -0.839. The highest BCUT2D eigenvalue weighted by Crippen LogP contribution is 2.28. The molecule has 0 amide bonds. The number of aromatic amines is 1. The van der Waals surface area contributed by atoms with Crippen LogP contribution in [-0.4, -0.2) is 22.6 Å². The first-order valence-electron chi connectivity index (χ1n) is 6.54. The van der Waals surface area contributed by atoms with E-state index in [1.54, 1.807) is 0 Å². The summed E-state index contributed by atoms with van der Waals surface area (Å²) >= 11 is 0. The maximum Gasteiger partial charge on any atom is 0.325 e. The number of carbonyl (C=O) groups is 1. The van der Waals surface area contributed by atoms with Gasteiger partial charge >= 0.3 is 5.97 Å². The average Bonchev–Trinajstić information content (AvgIpc) is 2.66. The van der Waals surface area contributed by atoms with Crippen LogP contribution in [-0.2, 0) is 4.79 Å². The Balaban J connectivity index is 2.44. The smallest absolute Gasteiger partial charge is 0.325 e. The molecule has 4 nitrogen and oxygen atoms in total. The van der Waals surface area contributed by atoms with Gasteiger partial charge in [0.25, 0.3) is 0 Å². The number of nitrogens with one attached hydrogen (secondary N) is 2. The monoisotopic (exact) mass is 260 g/mol. The third-order valence-corrected chi connectivity index (χ3v) is 3.21. The van der Waals surface area contributed by atoms with Crippen LogP contribution in [0.2, 0.25) is 0 Å². The van der Waals surface area contributed by atoms with Crippen LogP contribution >= 0.6 is 0 Å². The number of hydrogen-bond acceptors (Lipinski definition) is 2. The Morgan fingerprint density at radius 1 is 1.37 bits per heavy atom. The summed E-state index contributed by atoms with van der Waals surface area (Å²) in [5.74, 6) is -0.430. The van der Waals surface area contributed by atoms with Gasteiger partial charge in [-0.3, -0.25) is 4.79 Å². The summed E-state index contributed by atoms with van der Waals surface area (Å²) in [4.78, 5) is 14.8. The van der Waals surface area contributed by atoms with Gasteiger partial charge in [-0.05, 0) is 25.5 Å². The molecule has 0 spiro atoms. The fourth-order valence-corrected chi connectivity index (χ4v) is 2.34. The summed E-state index contributed by atoms with van der Waals surface area (Å²) in [5.41, 5.74) is 2.72. The predicted molar refractivity (Wildman–Crippen MR) is 76.3 cm³/mol. The van der Waals surface area contributed by atoms with Crippen LogP contribution in [0.4, 0.5) is 0 Å². The molecule has 1 atom stereocenters. The lowest BCUT2D eigenvalue weighted by Crippen LogP contribution is -2.31. The zero-order valence-electron chi connectivity index (χ0n) is 11.5. The van der Waals surface area contributed by atoms with Gasteiger partial charge < -0.3 is 15.4 Å². The molecule has 0 bridgehead atoms. The van der Waals surface area contributed by atoms with Gasteiger partial charge in [0.05, 0.1) is 0 Å². The molecule has 0 unspecified atom stereocenters.